The summed E-state index contributed by atoms with van der Waals surface area (Å²) in [5.74, 6) is -2.24. The van der Waals surface area contributed by atoms with Crippen molar-refractivity contribution in [3.05, 3.63) is 82.0 Å². The van der Waals surface area contributed by atoms with Gasteiger partial charge in [-0.25, -0.2) is 13.2 Å². The van der Waals surface area contributed by atoms with Gasteiger partial charge in [-0.05, 0) is 47.7 Å². The van der Waals surface area contributed by atoms with Crippen LogP contribution in [-0.2, 0) is 26.0 Å². The number of nitrogens with one attached hydrogen (secondary N) is 1. The molecule has 2 amide bonds. The van der Waals surface area contributed by atoms with Gasteiger partial charge >= 0.3 is 5.97 Å². The van der Waals surface area contributed by atoms with Crippen LogP contribution in [0.4, 0.5) is 5.69 Å². The number of ether oxygens (including phenoxy) is 1. The number of carbonyl (C=O) groups is 3. The maximum Gasteiger partial charge on any atom is 0.338 e. The summed E-state index contributed by atoms with van der Waals surface area (Å²) in [7, 11) is -3.88. The second-order valence-electron chi connectivity index (χ2n) is 6.91. The van der Waals surface area contributed by atoms with Gasteiger partial charge in [0, 0.05) is 6.54 Å². The molecule has 2 aromatic carbocycles. The standard InChI is InChI=1S/C22H18N2O6S2/c25-20(23-21(26)19-9-4-12-31-19)14-30-22(27)16-6-3-7-17(13-16)32(28,29)24-11-10-15-5-1-2-8-18(15)24/h1-9,12-13H,10-11,14H2,(H,23,25,26). The molecule has 0 aliphatic carbocycles. The van der Waals surface area contributed by atoms with Crippen LogP contribution in [0.15, 0.2) is 70.9 Å². The van der Waals surface area contributed by atoms with Crippen LogP contribution in [0.5, 0.6) is 0 Å². The highest BCUT2D eigenvalue weighted by molar-refractivity contribution is 7.92. The van der Waals surface area contributed by atoms with Crippen LogP contribution in [0.2, 0.25) is 0 Å². The number of amides is 2. The van der Waals surface area contributed by atoms with Gasteiger partial charge in [0.15, 0.2) is 6.61 Å². The smallest absolute Gasteiger partial charge is 0.338 e. The molecule has 0 fully saturated rings. The van der Waals surface area contributed by atoms with Gasteiger partial charge in [0.05, 0.1) is 21.0 Å². The number of sulfonamides is 1. The number of thiophene rings is 1. The first-order valence-electron chi connectivity index (χ1n) is 9.62. The van der Waals surface area contributed by atoms with Crippen LogP contribution < -0.4 is 9.62 Å². The topological polar surface area (TPSA) is 110 Å². The number of hydrogen-bond donors (Lipinski definition) is 1. The van der Waals surface area contributed by atoms with E-state index >= 15 is 0 Å². The van der Waals surface area contributed by atoms with E-state index in [1.807, 2.05) is 12.1 Å². The summed E-state index contributed by atoms with van der Waals surface area (Å²) in [6.45, 7) is -0.360. The molecule has 0 saturated carbocycles. The van der Waals surface area contributed by atoms with Gasteiger partial charge in [-0.2, -0.15) is 0 Å². The largest absolute Gasteiger partial charge is 0.452 e. The van der Waals surface area contributed by atoms with Gasteiger partial charge in [0.25, 0.3) is 21.8 Å². The summed E-state index contributed by atoms with van der Waals surface area (Å²) in [4.78, 5) is 36.4. The molecule has 0 atom stereocenters. The summed E-state index contributed by atoms with van der Waals surface area (Å²) in [5.41, 5.74) is 1.54. The van der Waals surface area contributed by atoms with E-state index in [1.165, 1.54) is 39.9 Å². The quantitative estimate of drug-likeness (QED) is 0.555. The van der Waals surface area contributed by atoms with E-state index in [2.05, 4.69) is 5.32 Å². The molecule has 2 heterocycles. The van der Waals surface area contributed by atoms with E-state index in [0.29, 0.717) is 23.5 Å². The molecule has 0 spiro atoms. The van der Waals surface area contributed by atoms with E-state index in [0.717, 1.165) is 5.56 Å². The molecule has 0 bridgehead atoms. The number of fused-ring (bicyclic) bond motifs is 1. The van der Waals surface area contributed by atoms with Crippen molar-refractivity contribution >= 4 is 44.8 Å². The van der Waals surface area contributed by atoms with Gasteiger partial charge in [0.2, 0.25) is 0 Å². The molecule has 8 nitrogen and oxygen atoms in total. The Bertz CT molecular complexity index is 1290. The van der Waals surface area contributed by atoms with Crippen LogP contribution in [0.25, 0.3) is 0 Å². The molecule has 1 aliphatic rings. The number of imide groups is 1. The number of nitrogens with zero attached hydrogens (tertiary/aromatic N) is 1. The van der Waals surface area contributed by atoms with Crippen LogP contribution in [0, 0.1) is 0 Å². The number of carbonyl (C=O) groups excluding carboxylic acids is 3. The van der Waals surface area contributed by atoms with Crippen molar-refractivity contribution < 1.29 is 27.5 Å². The molecular weight excluding hydrogens is 452 g/mol. The zero-order valence-corrected chi connectivity index (χ0v) is 18.3. The van der Waals surface area contributed by atoms with E-state index in [-0.39, 0.29) is 10.5 Å². The SMILES string of the molecule is O=C(COC(=O)c1cccc(S(=O)(=O)N2CCc3ccccc32)c1)NC(=O)c1cccs1. The number of hydrogen-bond acceptors (Lipinski definition) is 7. The molecule has 10 heteroatoms. The van der Waals surface area contributed by atoms with Crippen LogP contribution >= 0.6 is 11.3 Å². The molecule has 164 valence electrons. The number of para-hydroxylation sites is 1. The number of anilines is 1. The van der Waals surface area contributed by atoms with Gasteiger partial charge in [-0.3, -0.25) is 19.2 Å². The van der Waals surface area contributed by atoms with E-state index in [9.17, 15) is 22.8 Å². The monoisotopic (exact) mass is 470 g/mol. The van der Waals surface area contributed by atoms with Gasteiger partial charge in [-0.15, -0.1) is 11.3 Å². The highest BCUT2D eigenvalue weighted by Gasteiger charge is 2.31. The fraction of sp³-hybridized carbons (Fsp3) is 0.136. The minimum absolute atomic E-state index is 0.0176. The molecule has 1 aromatic heterocycles. The highest BCUT2D eigenvalue weighted by Crippen LogP contribution is 2.32. The zero-order chi connectivity index (χ0) is 22.7. The summed E-state index contributed by atoms with van der Waals surface area (Å²) in [6, 6.07) is 15.9. The maximum absolute atomic E-state index is 13.1. The van der Waals surface area contributed by atoms with Gasteiger partial charge in [0.1, 0.15) is 0 Å². The molecule has 0 radical (unpaired) electrons. The third-order valence-electron chi connectivity index (χ3n) is 4.83. The molecule has 4 rings (SSSR count). The molecular formula is C22H18N2O6S2. The predicted molar refractivity (Wildman–Crippen MR) is 118 cm³/mol. The number of esters is 1. The van der Waals surface area contributed by atoms with Crippen LogP contribution in [-0.4, -0.2) is 39.4 Å². The summed E-state index contributed by atoms with van der Waals surface area (Å²) in [6.07, 6.45) is 0.608. The Hall–Kier alpha value is -3.50. The summed E-state index contributed by atoms with van der Waals surface area (Å²) in [5, 5.41) is 3.82. The lowest BCUT2D eigenvalue weighted by atomic mass is 10.2. The van der Waals surface area contributed by atoms with Crippen molar-refractivity contribution in [2.24, 2.45) is 0 Å². The first-order valence-corrected chi connectivity index (χ1v) is 11.9. The number of benzene rings is 2. The second kappa shape index (κ2) is 8.93. The average Bonchev–Trinajstić information content (AvgIpc) is 3.48. The normalized spacial score (nSPS) is 12.8. The van der Waals surface area contributed by atoms with Crippen molar-refractivity contribution in [2.75, 3.05) is 17.5 Å². The molecule has 32 heavy (non-hydrogen) atoms. The first-order chi connectivity index (χ1) is 15.4. The Balaban J connectivity index is 1.43. The lowest BCUT2D eigenvalue weighted by Crippen LogP contribution is -2.33. The summed E-state index contributed by atoms with van der Waals surface area (Å²) >= 11 is 1.17. The molecule has 0 saturated heterocycles. The van der Waals surface area contributed by atoms with Gasteiger partial charge in [-0.1, -0.05) is 30.3 Å². The minimum Gasteiger partial charge on any atom is -0.452 e. The third kappa shape index (κ3) is 4.41. The fourth-order valence-corrected chi connectivity index (χ4v) is 5.48. The Morgan fingerprint density at radius 3 is 2.62 bits per heavy atom. The lowest BCUT2D eigenvalue weighted by Gasteiger charge is -2.19. The van der Waals surface area contributed by atoms with E-state index in [4.69, 9.17) is 4.74 Å². The Morgan fingerprint density at radius 2 is 1.84 bits per heavy atom. The van der Waals surface area contributed by atoms with Gasteiger partial charge < -0.3 is 4.74 Å². The van der Waals surface area contributed by atoms with Crippen molar-refractivity contribution in [3.8, 4) is 0 Å². The molecule has 1 aliphatic heterocycles. The van der Waals surface area contributed by atoms with Crippen LogP contribution in [0.3, 0.4) is 0 Å². The first kappa shape index (κ1) is 21.7. The zero-order valence-electron chi connectivity index (χ0n) is 16.7. The second-order valence-corrected chi connectivity index (χ2v) is 9.72. The van der Waals surface area contributed by atoms with Crippen molar-refractivity contribution in [1.82, 2.24) is 5.32 Å². The summed E-state index contributed by atoms with van der Waals surface area (Å²) < 4.78 is 32.6. The predicted octanol–water partition coefficient (Wildman–Crippen LogP) is 2.61. The Labute approximate surface area is 188 Å². The third-order valence-corrected chi connectivity index (χ3v) is 7.51. The average molecular weight is 471 g/mol. The van der Waals surface area contributed by atoms with Crippen molar-refractivity contribution in [3.63, 3.8) is 0 Å². The molecule has 3 aromatic rings. The maximum atomic E-state index is 13.1. The molecule has 1 N–H and O–H groups in total. The minimum atomic E-state index is -3.88. The molecule has 0 unspecified atom stereocenters. The highest BCUT2D eigenvalue weighted by atomic mass is 32.2. The Morgan fingerprint density at radius 1 is 1.03 bits per heavy atom. The van der Waals surface area contributed by atoms with Crippen LogP contribution in [0.1, 0.15) is 25.6 Å². The lowest BCUT2D eigenvalue weighted by molar-refractivity contribution is -0.123. The Kier molecular flexibility index (Phi) is 6.06. The van der Waals surface area contributed by atoms with E-state index < -0.39 is 34.4 Å². The fourth-order valence-electron chi connectivity index (χ4n) is 3.31. The number of rotatable bonds is 6. The van der Waals surface area contributed by atoms with Crippen molar-refractivity contribution in [1.29, 1.82) is 0 Å². The van der Waals surface area contributed by atoms with E-state index in [1.54, 1.807) is 29.6 Å². The van der Waals surface area contributed by atoms with Crippen molar-refractivity contribution in [2.45, 2.75) is 11.3 Å².